The molecule has 0 unspecified atom stereocenters. The molecule has 0 bridgehead atoms. The minimum absolute atomic E-state index is 0.173. The van der Waals surface area contributed by atoms with Crippen LogP contribution in [0.3, 0.4) is 0 Å². The predicted molar refractivity (Wildman–Crippen MR) is 84.9 cm³/mol. The Balaban J connectivity index is 2.12. The predicted octanol–water partition coefficient (Wildman–Crippen LogP) is 5.53. The molecule has 18 heavy (non-hydrogen) atoms. The highest BCUT2D eigenvalue weighted by Crippen LogP contribution is 2.53. The second-order valence-electron chi connectivity index (χ2n) is 4.81. The molecule has 3 heterocycles. The molecule has 1 aliphatic heterocycles. The minimum Gasteiger partial charge on any atom is -0.147 e. The van der Waals surface area contributed by atoms with E-state index in [0.29, 0.717) is 0 Å². The summed E-state index contributed by atoms with van der Waals surface area (Å²) in [6.07, 6.45) is 1.16. The van der Waals surface area contributed by atoms with Crippen molar-refractivity contribution in [3.8, 4) is 0 Å². The molecule has 3 heteroatoms. The SMILES string of the molecule is CC1=C(C)CC(c2cccs2)(c2cccs2)SC1. The summed E-state index contributed by atoms with van der Waals surface area (Å²) < 4.78 is 0.173. The first-order valence-electron chi connectivity index (χ1n) is 6.09. The first-order valence-corrected chi connectivity index (χ1v) is 8.84. The molecule has 0 spiro atoms. The number of hydrogen-bond acceptors (Lipinski definition) is 3. The average molecular weight is 292 g/mol. The third-order valence-electron chi connectivity index (χ3n) is 3.62. The fourth-order valence-electron chi connectivity index (χ4n) is 2.38. The van der Waals surface area contributed by atoms with Gasteiger partial charge in [-0.2, -0.15) is 0 Å². The molecule has 0 fully saturated rings. The van der Waals surface area contributed by atoms with Gasteiger partial charge in [0, 0.05) is 15.5 Å². The van der Waals surface area contributed by atoms with Crippen molar-refractivity contribution in [3.05, 3.63) is 55.9 Å². The van der Waals surface area contributed by atoms with Gasteiger partial charge in [-0.25, -0.2) is 0 Å². The fourth-order valence-corrected chi connectivity index (χ4v) is 6.21. The van der Waals surface area contributed by atoms with Crippen LogP contribution in [0, 0.1) is 0 Å². The van der Waals surface area contributed by atoms with Crippen molar-refractivity contribution in [3.63, 3.8) is 0 Å². The largest absolute Gasteiger partial charge is 0.147 e. The van der Waals surface area contributed by atoms with Crippen LogP contribution in [0.4, 0.5) is 0 Å². The van der Waals surface area contributed by atoms with Gasteiger partial charge < -0.3 is 0 Å². The Morgan fingerprint density at radius 1 is 0.944 bits per heavy atom. The third kappa shape index (κ3) is 1.98. The van der Waals surface area contributed by atoms with E-state index in [2.05, 4.69) is 60.6 Å². The van der Waals surface area contributed by atoms with Crippen molar-refractivity contribution in [1.29, 1.82) is 0 Å². The molecule has 1 aliphatic rings. The summed E-state index contributed by atoms with van der Waals surface area (Å²) in [5, 5.41) is 4.40. The van der Waals surface area contributed by atoms with E-state index in [9.17, 15) is 0 Å². The van der Waals surface area contributed by atoms with Gasteiger partial charge >= 0.3 is 0 Å². The highest BCUT2D eigenvalue weighted by molar-refractivity contribution is 8.00. The number of thiophene rings is 2. The van der Waals surface area contributed by atoms with Gasteiger partial charge in [0.2, 0.25) is 0 Å². The van der Waals surface area contributed by atoms with E-state index in [1.54, 1.807) is 11.1 Å². The Bertz CT molecular complexity index is 512. The molecule has 0 radical (unpaired) electrons. The zero-order chi connectivity index (χ0) is 12.6. The van der Waals surface area contributed by atoms with Crippen LogP contribution in [0.5, 0.6) is 0 Å². The van der Waals surface area contributed by atoms with Gasteiger partial charge in [-0.15, -0.1) is 34.4 Å². The van der Waals surface area contributed by atoms with E-state index in [-0.39, 0.29) is 4.75 Å². The average Bonchev–Trinajstić information content (AvgIpc) is 3.04. The van der Waals surface area contributed by atoms with E-state index in [1.165, 1.54) is 9.75 Å². The number of rotatable bonds is 2. The van der Waals surface area contributed by atoms with E-state index < -0.39 is 0 Å². The van der Waals surface area contributed by atoms with Crippen LogP contribution in [0.1, 0.15) is 30.0 Å². The molecule has 2 aromatic rings. The first-order chi connectivity index (χ1) is 8.72. The highest BCUT2D eigenvalue weighted by atomic mass is 32.2. The third-order valence-corrected chi connectivity index (χ3v) is 7.59. The lowest BCUT2D eigenvalue weighted by molar-refractivity contribution is 0.740. The monoisotopic (exact) mass is 292 g/mol. The normalized spacial score (nSPS) is 19.2. The lowest BCUT2D eigenvalue weighted by Crippen LogP contribution is -2.26. The van der Waals surface area contributed by atoms with Crippen LogP contribution in [-0.4, -0.2) is 5.75 Å². The molecule has 0 saturated carbocycles. The van der Waals surface area contributed by atoms with Crippen LogP contribution in [0.2, 0.25) is 0 Å². The molecule has 2 aromatic heterocycles. The zero-order valence-corrected chi connectivity index (χ0v) is 13.1. The first kappa shape index (κ1) is 12.5. The quantitative estimate of drug-likeness (QED) is 0.656. The van der Waals surface area contributed by atoms with Gasteiger partial charge in [-0.3, -0.25) is 0 Å². The molecule has 3 rings (SSSR count). The van der Waals surface area contributed by atoms with Crippen molar-refractivity contribution in [2.75, 3.05) is 5.75 Å². The van der Waals surface area contributed by atoms with Crippen LogP contribution in [0.25, 0.3) is 0 Å². The summed E-state index contributed by atoms with van der Waals surface area (Å²) in [4.78, 5) is 3.00. The van der Waals surface area contributed by atoms with Crippen LogP contribution >= 0.6 is 34.4 Å². The summed E-state index contributed by atoms with van der Waals surface area (Å²) in [7, 11) is 0. The Morgan fingerprint density at radius 3 is 2.00 bits per heavy atom. The van der Waals surface area contributed by atoms with Gasteiger partial charge in [0.05, 0.1) is 4.75 Å². The minimum atomic E-state index is 0.173. The maximum absolute atomic E-state index is 2.30. The second-order valence-corrected chi connectivity index (χ2v) is 7.98. The number of allylic oxidation sites excluding steroid dienone is 1. The van der Waals surface area contributed by atoms with Crippen molar-refractivity contribution in [2.45, 2.75) is 25.0 Å². The Kier molecular flexibility index (Phi) is 3.39. The Labute approximate surface area is 121 Å². The molecule has 0 amide bonds. The number of hydrogen-bond donors (Lipinski definition) is 0. The van der Waals surface area contributed by atoms with Crippen LogP contribution < -0.4 is 0 Å². The van der Waals surface area contributed by atoms with Crippen molar-refractivity contribution in [2.24, 2.45) is 0 Å². The smallest absolute Gasteiger partial charge is 0.0881 e. The molecular weight excluding hydrogens is 276 g/mol. The van der Waals surface area contributed by atoms with Gasteiger partial charge in [0.15, 0.2) is 0 Å². The highest BCUT2D eigenvalue weighted by Gasteiger charge is 2.39. The Morgan fingerprint density at radius 2 is 1.56 bits per heavy atom. The molecule has 0 N–H and O–H groups in total. The fraction of sp³-hybridized carbons (Fsp3) is 0.333. The van der Waals surface area contributed by atoms with Gasteiger partial charge in [0.1, 0.15) is 0 Å². The second kappa shape index (κ2) is 4.87. The molecule has 0 nitrogen and oxygen atoms in total. The van der Waals surface area contributed by atoms with E-state index in [0.717, 1.165) is 12.2 Å². The molecular formula is C15H16S3. The summed E-state index contributed by atoms with van der Waals surface area (Å²) >= 11 is 5.89. The van der Waals surface area contributed by atoms with Crippen molar-refractivity contribution in [1.82, 2.24) is 0 Å². The van der Waals surface area contributed by atoms with Crippen molar-refractivity contribution >= 4 is 34.4 Å². The maximum atomic E-state index is 2.30. The van der Waals surface area contributed by atoms with Crippen LogP contribution in [-0.2, 0) is 4.75 Å². The Hall–Kier alpha value is -0.510. The van der Waals surface area contributed by atoms with Crippen molar-refractivity contribution < 1.29 is 0 Å². The van der Waals surface area contributed by atoms with E-state index >= 15 is 0 Å². The molecule has 0 saturated heterocycles. The topological polar surface area (TPSA) is 0 Å². The number of thioether (sulfide) groups is 1. The van der Waals surface area contributed by atoms with Gasteiger partial charge in [0.25, 0.3) is 0 Å². The summed E-state index contributed by atoms with van der Waals surface area (Å²) in [5.74, 6) is 1.15. The maximum Gasteiger partial charge on any atom is 0.0881 e. The lowest BCUT2D eigenvalue weighted by atomic mass is 9.93. The van der Waals surface area contributed by atoms with Gasteiger partial charge in [-0.05, 0) is 43.2 Å². The van der Waals surface area contributed by atoms with E-state index in [1.807, 2.05) is 22.7 Å². The van der Waals surface area contributed by atoms with Crippen LogP contribution in [0.15, 0.2) is 46.2 Å². The van der Waals surface area contributed by atoms with E-state index in [4.69, 9.17) is 0 Å². The standard InChI is InChI=1S/C15H16S3/c1-11-9-15(18-10-12(11)2,13-5-3-7-16-13)14-6-4-8-17-14/h3-8H,9-10H2,1-2H3. The molecule has 94 valence electrons. The molecule has 0 aliphatic carbocycles. The molecule has 0 aromatic carbocycles. The summed E-state index contributed by atoms with van der Waals surface area (Å²) in [6, 6.07) is 8.95. The zero-order valence-electron chi connectivity index (χ0n) is 10.6. The van der Waals surface area contributed by atoms with Gasteiger partial charge in [-0.1, -0.05) is 23.3 Å². The summed E-state index contributed by atoms with van der Waals surface area (Å²) in [6.45, 7) is 4.57. The molecule has 0 atom stereocenters. The summed E-state index contributed by atoms with van der Waals surface area (Å²) in [5.41, 5.74) is 3.12. The lowest BCUT2D eigenvalue weighted by Gasteiger charge is -2.36.